The average Bonchev–Trinajstić information content (AvgIpc) is 2.38. The molecule has 1 unspecified atom stereocenters. The first-order valence-electron chi connectivity index (χ1n) is 3.58. The molecule has 1 aliphatic rings. The molecule has 1 saturated carbocycles. The van der Waals surface area contributed by atoms with E-state index in [0.717, 1.165) is 12.8 Å². The lowest BCUT2D eigenvalue weighted by Crippen LogP contribution is -2.12. The highest BCUT2D eigenvalue weighted by Gasteiger charge is 2.20. The van der Waals surface area contributed by atoms with Crippen molar-refractivity contribution in [3.63, 3.8) is 0 Å². The molecule has 0 aliphatic heterocycles. The van der Waals surface area contributed by atoms with E-state index in [-0.39, 0.29) is 5.75 Å². The predicted octanol–water partition coefficient (Wildman–Crippen LogP) is 1.20. The van der Waals surface area contributed by atoms with Crippen LogP contribution < -0.4 is 0 Å². The molecule has 0 heterocycles. The van der Waals surface area contributed by atoms with Gasteiger partial charge in [0.05, 0.1) is 6.07 Å². The lowest BCUT2D eigenvalue weighted by Gasteiger charge is -2.03. The predicted molar refractivity (Wildman–Crippen MR) is 40.9 cm³/mol. The highest BCUT2D eigenvalue weighted by atomic mass is 32.2. The summed E-state index contributed by atoms with van der Waals surface area (Å²) in [5.41, 5.74) is 0. The van der Waals surface area contributed by atoms with Gasteiger partial charge in [0, 0.05) is 16.0 Å². The summed E-state index contributed by atoms with van der Waals surface area (Å²) in [7, 11) is -0.856. The largest absolute Gasteiger partial charge is 0.258 e. The van der Waals surface area contributed by atoms with E-state index in [1.165, 1.54) is 12.8 Å². The Kier molecular flexibility index (Phi) is 2.88. The Hall–Kier alpha value is -0.360. The second kappa shape index (κ2) is 3.72. The topological polar surface area (TPSA) is 40.9 Å². The van der Waals surface area contributed by atoms with Gasteiger partial charge in [0.25, 0.3) is 0 Å². The maximum Gasteiger partial charge on any atom is 0.111 e. The van der Waals surface area contributed by atoms with Crippen molar-refractivity contribution in [2.45, 2.75) is 30.9 Å². The summed E-state index contributed by atoms with van der Waals surface area (Å²) in [5, 5.41) is 8.59. The van der Waals surface area contributed by atoms with Crippen molar-refractivity contribution in [1.82, 2.24) is 0 Å². The second-order valence-electron chi connectivity index (χ2n) is 2.59. The summed E-state index contributed by atoms with van der Waals surface area (Å²) in [6.45, 7) is 0. The summed E-state index contributed by atoms with van der Waals surface area (Å²) in [6, 6.07) is 1.94. The van der Waals surface area contributed by atoms with Crippen LogP contribution in [0.5, 0.6) is 0 Å². The maximum atomic E-state index is 11.1. The number of rotatable bonds is 2. The monoisotopic (exact) mass is 157 g/mol. The Morgan fingerprint density at radius 3 is 2.60 bits per heavy atom. The zero-order valence-corrected chi connectivity index (χ0v) is 6.69. The van der Waals surface area contributed by atoms with Gasteiger partial charge in [-0.15, -0.1) is 0 Å². The Balaban J connectivity index is 2.34. The van der Waals surface area contributed by atoms with Crippen LogP contribution >= 0.6 is 0 Å². The minimum atomic E-state index is -0.856. The Morgan fingerprint density at radius 2 is 2.10 bits per heavy atom. The van der Waals surface area contributed by atoms with Crippen molar-refractivity contribution in [2.75, 3.05) is 5.75 Å². The first kappa shape index (κ1) is 7.74. The molecule has 3 heteroatoms. The van der Waals surface area contributed by atoms with Crippen LogP contribution in [0.15, 0.2) is 0 Å². The molecule has 1 atom stereocenters. The first-order chi connectivity index (χ1) is 4.84. The smallest absolute Gasteiger partial charge is 0.111 e. The van der Waals surface area contributed by atoms with Gasteiger partial charge in [0.1, 0.15) is 5.75 Å². The van der Waals surface area contributed by atoms with Gasteiger partial charge < -0.3 is 0 Å². The summed E-state index contributed by atoms with van der Waals surface area (Å²) in [5.74, 6) is 0.227. The number of hydrogen-bond acceptors (Lipinski definition) is 2. The molecule has 56 valence electrons. The molecule has 0 amide bonds. The van der Waals surface area contributed by atoms with Crippen molar-refractivity contribution < 1.29 is 4.21 Å². The summed E-state index contributed by atoms with van der Waals surface area (Å²) < 4.78 is 11.1. The second-order valence-corrected chi connectivity index (χ2v) is 4.31. The summed E-state index contributed by atoms with van der Waals surface area (Å²) in [4.78, 5) is 0. The number of nitriles is 1. The fourth-order valence-electron chi connectivity index (χ4n) is 1.33. The van der Waals surface area contributed by atoms with Crippen LogP contribution in [-0.4, -0.2) is 15.2 Å². The van der Waals surface area contributed by atoms with Crippen molar-refractivity contribution in [2.24, 2.45) is 0 Å². The van der Waals surface area contributed by atoms with E-state index in [2.05, 4.69) is 0 Å². The normalized spacial score (nSPS) is 22.3. The van der Waals surface area contributed by atoms with Gasteiger partial charge in [-0.25, -0.2) is 0 Å². The summed E-state index contributed by atoms with van der Waals surface area (Å²) >= 11 is 0. The van der Waals surface area contributed by atoms with Gasteiger partial charge in [0.15, 0.2) is 0 Å². The Morgan fingerprint density at radius 1 is 1.50 bits per heavy atom. The highest BCUT2D eigenvalue weighted by Crippen LogP contribution is 2.22. The van der Waals surface area contributed by atoms with Gasteiger partial charge in [-0.3, -0.25) is 4.21 Å². The SMILES string of the molecule is N#CCS(=O)C1CCCC1. The van der Waals surface area contributed by atoms with E-state index in [1.807, 2.05) is 6.07 Å². The van der Waals surface area contributed by atoms with Gasteiger partial charge in [-0.2, -0.15) is 5.26 Å². The van der Waals surface area contributed by atoms with E-state index in [0.29, 0.717) is 5.25 Å². The van der Waals surface area contributed by atoms with Crippen molar-refractivity contribution >= 4 is 10.8 Å². The van der Waals surface area contributed by atoms with Crippen molar-refractivity contribution in [3.05, 3.63) is 0 Å². The number of hydrogen-bond donors (Lipinski definition) is 0. The molecule has 0 spiro atoms. The number of nitrogens with zero attached hydrogens (tertiary/aromatic N) is 1. The van der Waals surface area contributed by atoms with Crippen molar-refractivity contribution in [1.29, 1.82) is 5.26 Å². The fraction of sp³-hybridized carbons (Fsp3) is 0.857. The third-order valence-electron chi connectivity index (χ3n) is 1.88. The first-order valence-corrected chi connectivity index (χ1v) is 4.97. The van der Waals surface area contributed by atoms with E-state index in [1.54, 1.807) is 0 Å². The molecule has 0 aromatic carbocycles. The molecule has 0 N–H and O–H groups in total. The molecule has 0 radical (unpaired) electrons. The Labute approximate surface area is 63.7 Å². The van der Waals surface area contributed by atoms with Gasteiger partial charge in [-0.1, -0.05) is 12.8 Å². The molecule has 2 nitrogen and oxygen atoms in total. The maximum absolute atomic E-state index is 11.1. The molecule has 10 heavy (non-hydrogen) atoms. The minimum Gasteiger partial charge on any atom is -0.258 e. The third kappa shape index (κ3) is 1.81. The van der Waals surface area contributed by atoms with Crippen LogP contribution in [0.4, 0.5) is 0 Å². The van der Waals surface area contributed by atoms with Crippen LogP contribution in [0.1, 0.15) is 25.7 Å². The lowest BCUT2D eigenvalue weighted by atomic mass is 10.4. The van der Waals surface area contributed by atoms with Gasteiger partial charge >= 0.3 is 0 Å². The standard InChI is InChI=1S/C7H11NOS/c8-5-6-10(9)7-3-1-2-4-7/h7H,1-4,6H2. The highest BCUT2D eigenvalue weighted by molar-refractivity contribution is 7.85. The molecule has 0 aromatic rings. The average molecular weight is 157 g/mol. The zero-order valence-electron chi connectivity index (χ0n) is 5.88. The molecule has 1 aliphatic carbocycles. The van der Waals surface area contributed by atoms with Crippen LogP contribution in [-0.2, 0) is 10.8 Å². The van der Waals surface area contributed by atoms with Crippen LogP contribution in [0.3, 0.4) is 0 Å². The van der Waals surface area contributed by atoms with E-state index >= 15 is 0 Å². The molecular weight excluding hydrogens is 146 g/mol. The molecule has 0 aromatic heterocycles. The molecule has 0 saturated heterocycles. The lowest BCUT2D eigenvalue weighted by molar-refractivity contribution is 0.671. The van der Waals surface area contributed by atoms with Gasteiger partial charge in [-0.05, 0) is 12.8 Å². The van der Waals surface area contributed by atoms with Crippen LogP contribution in [0, 0.1) is 11.3 Å². The van der Waals surface area contributed by atoms with Crippen LogP contribution in [0.25, 0.3) is 0 Å². The van der Waals surface area contributed by atoms with Crippen molar-refractivity contribution in [3.8, 4) is 6.07 Å². The van der Waals surface area contributed by atoms with Gasteiger partial charge in [0.2, 0.25) is 0 Å². The quantitative estimate of drug-likeness (QED) is 0.604. The minimum absolute atomic E-state index is 0.227. The molecule has 0 bridgehead atoms. The molecule has 1 fully saturated rings. The molecular formula is C7H11NOS. The van der Waals surface area contributed by atoms with E-state index in [9.17, 15) is 4.21 Å². The summed E-state index contributed by atoms with van der Waals surface area (Å²) in [6.07, 6.45) is 4.52. The van der Waals surface area contributed by atoms with E-state index in [4.69, 9.17) is 5.26 Å². The van der Waals surface area contributed by atoms with E-state index < -0.39 is 10.8 Å². The Bertz CT molecular complexity index is 167. The fourth-order valence-corrected chi connectivity index (χ4v) is 2.55. The third-order valence-corrected chi connectivity index (χ3v) is 3.51. The van der Waals surface area contributed by atoms with Crippen LogP contribution in [0.2, 0.25) is 0 Å². The zero-order chi connectivity index (χ0) is 7.40. The molecule has 1 rings (SSSR count).